The lowest BCUT2D eigenvalue weighted by atomic mass is 10.0. The van der Waals surface area contributed by atoms with Crippen molar-refractivity contribution in [3.8, 4) is 0 Å². The van der Waals surface area contributed by atoms with Crippen molar-refractivity contribution in [3.05, 3.63) is 34.9 Å². The maximum absolute atomic E-state index is 12.7. The maximum Gasteiger partial charge on any atom is 0.302 e. The number of likely N-dealkylation sites (tertiary alicyclic amines) is 1. The second-order valence-electron chi connectivity index (χ2n) is 5.80. The molecule has 116 valence electrons. The van der Waals surface area contributed by atoms with Crippen molar-refractivity contribution in [1.29, 1.82) is 0 Å². The fraction of sp³-hybridized carbons (Fsp3) is 0.533. The first-order valence-electron chi connectivity index (χ1n) is 7.01. The van der Waals surface area contributed by atoms with E-state index in [2.05, 4.69) is 12.1 Å². The molecule has 1 fully saturated rings. The highest BCUT2D eigenvalue weighted by atomic mass is 32.3. The van der Waals surface area contributed by atoms with Gasteiger partial charge in [0.25, 0.3) is 0 Å². The van der Waals surface area contributed by atoms with Gasteiger partial charge < -0.3 is 4.90 Å². The monoisotopic (exact) mass is 313 g/mol. The molecule has 6 heteroatoms. The summed E-state index contributed by atoms with van der Waals surface area (Å²) in [6, 6.07) is 6.18. The third-order valence-electron chi connectivity index (χ3n) is 3.88. The normalized spacial score (nSPS) is 19.3. The third-order valence-corrected chi connectivity index (χ3v) is 4.75. The lowest BCUT2D eigenvalue weighted by molar-refractivity contribution is -0.127. The molecule has 1 aliphatic rings. The van der Waals surface area contributed by atoms with Gasteiger partial charge >= 0.3 is 10.2 Å². The molecule has 0 N–H and O–H groups in total. The third kappa shape index (κ3) is 4.52. The molecule has 2 rings (SSSR count). The minimum absolute atomic E-state index is 0.0894. The van der Waals surface area contributed by atoms with Crippen LogP contribution in [0, 0.1) is 19.8 Å². The standard InChI is InChI=1S/C15H20FNO3S/c1-11-3-4-14(12(2)7-11)5-6-17-9-13(8-15(17)18)10-21(16,19)20/h3-4,7,13H,5-6,8-10H2,1-2H3. The zero-order chi connectivity index (χ0) is 15.6. The van der Waals surface area contributed by atoms with Crippen LogP contribution in [-0.2, 0) is 21.4 Å². The van der Waals surface area contributed by atoms with Crippen molar-refractivity contribution >= 4 is 16.1 Å². The highest BCUT2D eigenvalue weighted by Crippen LogP contribution is 2.21. The first kappa shape index (κ1) is 15.9. The Balaban J connectivity index is 1.93. The summed E-state index contributed by atoms with van der Waals surface area (Å²) < 4.78 is 34.0. The second kappa shape index (κ2) is 6.13. The molecule has 21 heavy (non-hydrogen) atoms. The Labute approximate surface area is 125 Å². The molecule has 1 aliphatic heterocycles. The summed E-state index contributed by atoms with van der Waals surface area (Å²) in [7, 11) is -4.51. The van der Waals surface area contributed by atoms with E-state index in [-0.39, 0.29) is 12.3 Å². The number of benzene rings is 1. The van der Waals surface area contributed by atoms with Gasteiger partial charge in [-0.2, -0.15) is 8.42 Å². The van der Waals surface area contributed by atoms with Crippen LogP contribution in [0.1, 0.15) is 23.1 Å². The fourth-order valence-electron chi connectivity index (χ4n) is 2.84. The van der Waals surface area contributed by atoms with E-state index in [0.717, 1.165) is 6.42 Å². The number of aryl methyl sites for hydroxylation is 2. The molecule has 1 aromatic carbocycles. The summed E-state index contributed by atoms with van der Waals surface area (Å²) in [6.07, 6.45) is 0.850. The Kier molecular flexibility index (Phi) is 4.66. The lowest BCUT2D eigenvalue weighted by Gasteiger charge is -2.17. The van der Waals surface area contributed by atoms with E-state index in [0.29, 0.717) is 13.1 Å². The molecule has 1 aromatic rings. The number of carbonyl (C=O) groups is 1. The Bertz CT molecular complexity index is 642. The summed E-state index contributed by atoms with van der Waals surface area (Å²) in [4.78, 5) is 13.5. The molecule has 4 nitrogen and oxygen atoms in total. The molecule has 1 saturated heterocycles. The van der Waals surface area contributed by atoms with Crippen molar-refractivity contribution in [2.75, 3.05) is 18.8 Å². The molecule has 0 radical (unpaired) electrons. The number of rotatable bonds is 5. The van der Waals surface area contributed by atoms with Crippen LogP contribution in [0.3, 0.4) is 0 Å². The van der Waals surface area contributed by atoms with E-state index in [1.807, 2.05) is 19.9 Å². The fourth-order valence-corrected chi connectivity index (χ4v) is 3.63. The van der Waals surface area contributed by atoms with Gasteiger partial charge in [-0.25, -0.2) is 0 Å². The molecule has 0 spiro atoms. The highest BCUT2D eigenvalue weighted by molar-refractivity contribution is 7.86. The molecular weight excluding hydrogens is 293 g/mol. The molecule has 1 atom stereocenters. The number of halogens is 1. The van der Waals surface area contributed by atoms with Crippen LogP contribution in [0.2, 0.25) is 0 Å². The predicted octanol–water partition coefficient (Wildman–Crippen LogP) is 1.99. The number of amides is 1. The lowest BCUT2D eigenvalue weighted by Crippen LogP contribution is -2.28. The molecule has 1 heterocycles. The minimum Gasteiger partial charge on any atom is -0.342 e. The average Bonchev–Trinajstić information content (AvgIpc) is 2.66. The van der Waals surface area contributed by atoms with Crippen molar-refractivity contribution < 1.29 is 17.1 Å². The zero-order valence-electron chi connectivity index (χ0n) is 12.3. The topological polar surface area (TPSA) is 54.5 Å². The van der Waals surface area contributed by atoms with Gasteiger partial charge in [0.2, 0.25) is 5.91 Å². The van der Waals surface area contributed by atoms with Crippen molar-refractivity contribution in [1.82, 2.24) is 4.90 Å². The summed E-state index contributed by atoms with van der Waals surface area (Å²) in [6.45, 7) is 4.94. The van der Waals surface area contributed by atoms with Crippen molar-refractivity contribution in [3.63, 3.8) is 0 Å². The average molecular weight is 313 g/mol. The summed E-state index contributed by atoms with van der Waals surface area (Å²) in [5.41, 5.74) is 3.56. The van der Waals surface area contributed by atoms with Gasteiger partial charge in [0.1, 0.15) is 0 Å². The SMILES string of the molecule is Cc1ccc(CCN2CC(CS(=O)(=O)F)CC2=O)c(C)c1. The van der Waals surface area contributed by atoms with Crippen molar-refractivity contribution in [2.45, 2.75) is 26.7 Å². The van der Waals surface area contributed by atoms with Crippen LogP contribution in [0.4, 0.5) is 3.89 Å². The molecule has 0 aliphatic carbocycles. The number of hydrogen-bond acceptors (Lipinski definition) is 3. The van der Waals surface area contributed by atoms with E-state index in [1.165, 1.54) is 16.7 Å². The van der Waals surface area contributed by atoms with Gasteiger partial charge in [0.15, 0.2) is 0 Å². The first-order valence-corrected chi connectivity index (χ1v) is 8.56. The van der Waals surface area contributed by atoms with E-state index >= 15 is 0 Å². The molecule has 1 amide bonds. The zero-order valence-corrected chi connectivity index (χ0v) is 13.1. The van der Waals surface area contributed by atoms with E-state index in [1.54, 1.807) is 4.90 Å². The van der Waals surface area contributed by atoms with Crippen LogP contribution in [0.15, 0.2) is 18.2 Å². The summed E-state index contributed by atoms with van der Waals surface area (Å²) in [5.74, 6) is -1.07. The van der Waals surface area contributed by atoms with Crippen LogP contribution in [0.25, 0.3) is 0 Å². The number of nitrogens with zero attached hydrogens (tertiary/aromatic N) is 1. The van der Waals surface area contributed by atoms with Crippen molar-refractivity contribution in [2.24, 2.45) is 5.92 Å². The summed E-state index contributed by atoms with van der Waals surface area (Å²) >= 11 is 0. The predicted molar refractivity (Wildman–Crippen MR) is 79.2 cm³/mol. The van der Waals surface area contributed by atoms with Crippen LogP contribution < -0.4 is 0 Å². The van der Waals surface area contributed by atoms with Gasteiger partial charge in [0.05, 0.1) is 5.75 Å². The Morgan fingerprint density at radius 3 is 2.67 bits per heavy atom. The molecule has 0 bridgehead atoms. The van der Waals surface area contributed by atoms with Crippen LogP contribution >= 0.6 is 0 Å². The number of carbonyl (C=O) groups excluding carboxylic acids is 1. The smallest absolute Gasteiger partial charge is 0.302 e. The van der Waals surface area contributed by atoms with Crippen LogP contribution in [-0.4, -0.2) is 38.1 Å². The molecule has 0 saturated carbocycles. The Morgan fingerprint density at radius 2 is 2.05 bits per heavy atom. The van der Waals surface area contributed by atoms with E-state index in [4.69, 9.17) is 0 Å². The largest absolute Gasteiger partial charge is 0.342 e. The van der Waals surface area contributed by atoms with Gasteiger partial charge in [0, 0.05) is 25.4 Å². The summed E-state index contributed by atoms with van der Waals surface area (Å²) in [5, 5.41) is 0. The van der Waals surface area contributed by atoms with Gasteiger partial charge in [-0.3, -0.25) is 4.79 Å². The van der Waals surface area contributed by atoms with E-state index < -0.39 is 21.9 Å². The number of hydrogen-bond donors (Lipinski definition) is 0. The minimum atomic E-state index is -4.51. The molecular formula is C15H20FNO3S. The van der Waals surface area contributed by atoms with E-state index in [9.17, 15) is 17.1 Å². The van der Waals surface area contributed by atoms with Gasteiger partial charge in [-0.15, -0.1) is 3.89 Å². The van der Waals surface area contributed by atoms with Gasteiger partial charge in [-0.1, -0.05) is 23.8 Å². The van der Waals surface area contributed by atoms with Crippen LogP contribution in [0.5, 0.6) is 0 Å². The quantitative estimate of drug-likeness (QED) is 0.781. The molecule has 0 aromatic heterocycles. The Morgan fingerprint density at radius 1 is 1.33 bits per heavy atom. The first-order chi connectivity index (χ1) is 9.74. The molecule has 1 unspecified atom stereocenters. The van der Waals surface area contributed by atoms with Gasteiger partial charge in [-0.05, 0) is 31.4 Å². The highest BCUT2D eigenvalue weighted by Gasteiger charge is 2.32. The Hall–Kier alpha value is -1.43. The maximum atomic E-state index is 12.7. The second-order valence-corrected chi connectivity index (χ2v) is 7.21.